The summed E-state index contributed by atoms with van der Waals surface area (Å²) in [4.78, 5) is 27.1. The molecule has 8 heteroatoms. The number of halogens is 2. The predicted octanol–water partition coefficient (Wildman–Crippen LogP) is 4.04. The molecule has 154 valence electrons. The van der Waals surface area contributed by atoms with Crippen LogP contribution in [0.5, 0.6) is 0 Å². The van der Waals surface area contributed by atoms with Gasteiger partial charge in [0.05, 0.1) is 24.5 Å². The van der Waals surface area contributed by atoms with Gasteiger partial charge >= 0.3 is 5.97 Å². The molecule has 1 aliphatic rings. The van der Waals surface area contributed by atoms with Crippen LogP contribution in [0.4, 0.5) is 4.39 Å². The summed E-state index contributed by atoms with van der Waals surface area (Å²) in [7, 11) is 0. The number of hydrogen-bond acceptors (Lipinski definition) is 4. The molecule has 2 aromatic carbocycles. The van der Waals surface area contributed by atoms with Gasteiger partial charge in [0.1, 0.15) is 5.82 Å². The van der Waals surface area contributed by atoms with Gasteiger partial charge in [0.25, 0.3) is 5.91 Å². The molecule has 0 radical (unpaired) electrons. The van der Waals surface area contributed by atoms with E-state index in [4.69, 9.17) is 16.3 Å². The van der Waals surface area contributed by atoms with E-state index in [0.29, 0.717) is 29.1 Å². The summed E-state index contributed by atoms with van der Waals surface area (Å²) in [6.45, 7) is 2.61. The molecule has 0 saturated carbocycles. The molecule has 0 saturated heterocycles. The quantitative estimate of drug-likeness (QED) is 0.589. The molecule has 0 unspecified atom stereocenters. The molecule has 0 bridgehead atoms. The molecule has 30 heavy (non-hydrogen) atoms. The Morgan fingerprint density at radius 2 is 1.83 bits per heavy atom. The third-order valence-corrected chi connectivity index (χ3v) is 5.23. The Hall–Kier alpha value is -3.19. The maximum Gasteiger partial charge on any atom is 0.359 e. The van der Waals surface area contributed by atoms with Gasteiger partial charge in [0.2, 0.25) is 0 Å². The summed E-state index contributed by atoms with van der Waals surface area (Å²) < 4.78 is 20.1. The molecule has 0 spiro atoms. The molecular formula is C22H19ClFN3O3. The predicted molar refractivity (Wildman–Crippen MR) is 109 cm³/mol. The van der Waals surface area contributed by atoms with Crippen LogP contribution in [0.1, 0.15) is 39.0 Å². The van der Waals surface area contributed by atoms with Crippen LogP contribution >= 0.6 is 11.6 Å². The van der Waals surface area contributed by atoms with Gasteiger partial charge in [-0.15, -0.1) is 0 Å². The first-order chi connectivity index (χ1) is 14.5. The maximum absolute atomic E-state index is 13.2. The average Bonchev–Trinajstić information content (AvgIpc) is 3.13. The topological polar surface area (TPSA) is 64.4 Å². The van der Waals surface area contributed by atoms with Crippen molar-refractivity contribution in [2.24, 2.45) is 0 Å². The van der Waals surface area contributed by atoms with E-state index in [1.165, 1.54) is 24.3 Å². The minimum atomic E-state index is -0.530. The number of nitrogens with zero attached hydrogens (tertiary/aromatic N) is 3. The summed E-state index contributed by atoms with van der Waals surface area (Å²) in [5.74, 6) is -1.16. The molecule has 1 amide bonds. The van der Waals surface area contributed by atoms with Crippen molar-refractivity contribution in [2.75, 3.05) is 13.2 Å². The highest BCUT2D eigenvalue weighted by atomic mass is 35.5. The van der Waals surface area contributed by atoms with E-state index in [9.17, 15) is 14.0 Å². The summed E-state index contributed by atoms with van der Waals surface area (Å²) >= 11 is 5.99. The fourth-order valence-corrected chi connectivity index (χ4v) is 3.65. The molecule has 1 aliphatic heterocycles. The monoisotopic (exact) mass is 427 g/mol. The zero-order chi connectivity index (χ0) is 21.3. The number of carbonyl (C=O) groups is 2. The van der Waals surface area contributed by atoms with Crippen LogP contribution in [-0.4, -0.2) is 39.7 Å². The van der Waals surface area contributed by atoms with Gasteiger partial charge in [0, 0.05) is 29.1 Å². The van der Waals surface area contributed by atoms with Gasteiger partial charge in [-0.25, -0.2) is 13.9 Å². The number of hydrogen-bond donors (Lipinski definition) is 0. The fourth-order valence-electron chi connectivity index (χ4n) is 3.53. The van der Waals surface area contributed by atoms with Crippen LogP contribution in [0.25, 0.3) is 5.69 Å². The molecule has 2 heterocycles. The Labute approximate surface area is 177 Å². The molecular weight excluding hydrogens is 409 g/mol. The van der Waals surface area contributed by atoms with E-state index < -0.39 is 11.8 Å². The van der Waals surface area contributed by atoms with Gasteiger partial charge < -0.3 is 9.64 Å². The lowest BCUT2D eigenvalue weighted by Gasteiger charge is -2.28. The number of esters is 1. The lowest BCUT2D eigenvalue weighted by molar-refractivity contribution is 0.0513. The van der Waals surface area contributed by atoms with Crippen molar-refractivity contribution in [1.29, 1.82) is 0 Å². The third-order valence-electron chi connectivity index (χ3n) is 4.98. The molecule has 0 N–H and O–H groups in total. The molecule has 0 fully saturated rings. The number of aromatic nitrogens is 2. The largest absolute Gasteiger partial charge is 0.461 e. The smallest absolute Gasteiger partial charge is 0.359 e. The highest BCUT2D eigenvalue weighted by molar-refractivity contribution is 6.30. The highest BCUT2D eigenvalue weighted by Crippen LogP contribution is 2.27. The maximum atomic E-state index is 13.2. The van der Waals surface area contributed by atoms with Gasteiger partial charge in [-0.1, -0.05) is 11.6 Å². The Morgan fingerprint density at radius 3 is 2.50 bits per heavy atom. The summed E-state index contributed by atoms with van der Waals surface area (Å²) in [5.41, 5.74) is 2.86. The third kappa shape index (κ3) is 3.80. The highest BCUT2D eigenvalue weighted by Gasteiger charge is 2.31. The Morgan fingerprint density at radius 1 is 1.13 bits per heavy atom. The van der Waals surface area contributed by atoms with Crippen molar-refractivity contribution in [1.82, 2.24) is 14.7 Å². The van der Waals surface area contributed by atoms with Crippen LogP contribution in [0, 0.1) is 5.82 Å². The minimum absolute atomic E-state index is 0.193. The van der Waals surface area contributed by atoms with E-state index in [0.717, 1.165) is 11.4 Å². The van der Waals surface area contributed by atoms with E-state index in [2.05, 4.69) is 5.10 Å². The van der Waals surface area contributed by atoms with E-state index >= 15 is 0 Å². The number of benzene rings is 2. The second-order valence-corrected chi connectivity index (χ2v) is 7.30. The first kappa shape index (κ1) is 20.1. The normalized spacial score (nSPS) is 13.1. The number of amides is 1. The van der Waals surface area contributed by atoms with Gasteiger partial charge in [0.15, 0.2) is 5.69 Å². The lowest BCUT2D eigenvalue weighted by Crippen LogP contribution is -2.36. The second-order valence-electron chi connectivity index (χ2n) is 6.87. The van der Waals surface area contributed by atoms with E-state index in [1.54, 1.807) is 28.6 Å². The standard InChI is InChI=1S/C22H19ClFN3O3/c1-2-30-22(29)20-18-13-26(21(28)14-3-7-16(24)8-4-14)12-11-19(18)27(25-20)17-9-5-15(23)6-10-17/h3-10H,2,11-13H2,1H3. The van der Waals surface area contributed by atoms with Gasteiger partial charge in [-0.3, -0.25) is 4.79 Å². The minimum Gasteiger partial charge on any atom is -0.461 e. The van der Waals surface area contributed by atoms with Crippen LogP contribution < -0.4 is 0 Å². The zero-order valence-corrected chi connectivity index (χ0v) is 17.0. The van der Waals surface area contributed by atoms with Crippen molar-refractivity contribution in [3.63, 3.8) is 0 Å². The van der Waals surface area contributed by atoms with Crippen LogP contribution in [0.15, 0.2) is 48.5 Å². The summed E-state index contributed by atoms with van der Waals surface area (Å²) in [5, 5.41) is 5.10. The summed E-state index contributed by atoms with van der Waals surface area (Å²) in [6, 6.07) is 12.6. The van der Waals surface area contributed by atoms with Crippen molar-refractivity contribution in [3.05, 3.63) is 81.9 Å². The van der Waals surface area contributed by atoms with Crippen LogP contribution in [0.2, 0.25) is 5.02 Å². The average molecular weight is 428 g/mol. The fraction of sp³-hybridized carbons (Fsp3) is 0.227. The van der Waals surface area contributed by atoms with Crippen LogP contribution in [0.3, 0.4) is 0 Å². The zero-order valence-electron chi connectivity index (χ0n) is 16.3. The first-order valence-corrected chi connectivity index (χ1v) is 9.94. The Bertz CT molecular complexity index is 1090. The van der Waals surface area contributed by atoms with Crippen molar-refractivity contribution in [3.8, 4) is 5.69 Å². The molecule has 0 atom stereocenters. The second kappa shape index (κ2) is 8.28. The van der Waals surface area contributed by atoms with Crippen LogP contribution in [-0.2, 0) is 17.7 Å². The van der Waals surface area contributed by atoms with E-state index in [1.807, 2.05) is 12.1 Å². The van der Waals surface area contributed by atoms with Crippen molar-refractivity contribution in [2.45, 2.75) is 19.9 Å². The van der Waals surface area contributed by atoms with Gasteiger partial charge in [-0.2, -0.15) is 5.10 Å². The molecule has 6 nitrogen and oxygen atoms in total. The summed E-state index contributed by atoms with van der Waals surface area (Å²) in [6.07, 6.45) is 0.511. The number of carbonyl (C=O) groups excluding carboxylic acids is 2. The lowest BCUT2D eigenvalue weighted by atomic mass is 10.0. The Kier molecular flexibility index (Phi) is 5.55. The Balaban J connectivity index is 1.71. The van der Waals surface area contributed by atoms with Crippen molar-refractivity contribution >= 4 is 23.5 Å². The molecule has 3 aromatic rings. The van der Waals surface area contributed by atoms with Gasteiger partial charge in [-0.05, 0) is 55.5 Å². The first-order valence-electron chi connectivity index (χ1n) is 9.56. The van der Waals surface area contributed by atoms with E-state index in [-0.39, 0.29) is 24.8 Å². The van der Waals surface area contributed by atoms with Crippen molar-refractivity contribution < 1.29 is 18.7 Å². The SMILES string of the molecule is CCOC(=O)c1nn(-c2ccc(Cl)cc2)c2c1CN(C(=O)c1ccc(F)cc1)CC2. The molecule has 4 rings (SSSR count). The molecule has 1 aromatic heterocycles. The number of rotatable bonds is 4. The number of ether oxygens (including phenoxy) is 1. The number of fused-ring (bicyclic) bond motifs is 1. The molecule has 0 aliphatic carbocycles.